The van der Waals surface area contributed by atoms with Gasteiger partial charge >= 0.3 is 0 Å². The molecule has 1 heterocycles. The fraction of sp³-hybridized carbons (Fsp3) is 0.200. The third kappa shape index (κ3) is 0.910. The van der Waals surface area contributed by atoms with Crippen LogP contribution >= 0.6 is 0 Å². The topological polar surface area (TPSA) is 54.9 Å². The highest BCUT2D eigenvalue weighted by Gasteiger charge is 1.97. The minimum absolute atomic E-state index is 0.301. The minimum atomic E-state index is -0.317. The number of carbonyl (C=O) groups is 1. The van der Waals surface area contributed by atoms with Gasteiger partial charge in [0.05, 0.1) is 0 Å². The van der Waals surface area contributed by atoms with Crippen molar-refractivity contribution in [2.45, 2.75) is 6.92 Å². The Morgan fingerprint density at radius 1 is 1.78 bits per heavy atom. The second-order valence-corrected chi connectivity index (χ2v) is 1.66. The van der Waals surface area contributed by atoms with Gasteiger partial charge in [-0.05, 0) is 0 Å². The van der Waals surface area contributed by atoms with Crippen LogP contribution in [0.1, 0.15) is 11.7 Å². The van der Waals surface area contributed by atoms with Crippen molar-refractivity contribution >= 4 is 5.91 Å². The lowest BCUT2D eigenvalue weighted by Crippen LogP contribution is -2.20. The molecule has 0 spiro atoms. The molecule has 0 unspecified atom stereocenters. The monoisotopic (exact) mass is 126 g/mol. The number of rotatable bonds is 0. The maximum absolute atomic E-state index is 10.6. The second-order valence-electron chi connectivity index (χ2n) is 1.66. The Morgan fingerprint density at radius 2 is 2.44 bits per heavy atom. The van der Waals surface area contributed by atoms with E-state index in [-0.39, 0.29) is 11.5 Å². The summed E-state index contributed by atoms with van der Waals surface area (Å²) < 4.78 is 0.931. The highest BCUT2D eigenvalue weighted by molar-refractivity contribution is 5.74. The molecule has 0 fully saturated rings. The lowest BCUT2D eigenvalue weighted by molar-refractivity contribution is 0.0917. The van der Waals surface area contributed by atoms with E-state index in [9.17, 15) is 9.59 Å². The van der Waals surface area contributed by atoms with Crippen LogP contribution in [-0.4, -0.2) is 15.7 Å². The van der Waals surface area contributed by atoms with Gasteiger partial charge in [-0.2, -0.15) is 4.68 Å². The summed E-state index contributed by atoms with van der Waals surface area (Å²) in [4.78, 5) is 21.0. The number of carbonyl (C=O) groups excluding carboxylic acids is 1. The summed E-state index contributed by atoms with van der Waals surface area (Å²) >= 11 is 0. The Labute approximate surface area is 51.1 Å². The maximum Gasteiger partial charge on any atom is 0.273 e. The number of aromatic nitrogens is 2. The number of aromatic amines is 1. The van der Waals surface area contributed by atoms with Crippen molar-refractivity contribution < 1.29 is 4.79 Å². The summed E-state index contributed by atoms with van der Waals surface area (Å²) in [6.07, 6.45) is 1.42. The summed E-state index contributed by atoms with van der Waals surface area (Å²) in [5.74, 6) is -0.301. The molecule has 0 saturated carbocycles. The van der Waals surface area contributed by atoms with Crippen LogP contribution in [0.2, 0.25) is 0 Å². The summed E-state index contributed by atoms with van der Waals surface area (Å²) in [5.41, 5.74) is -0.317. The van der Waals surface area contributed by atoms with Gasteiger partial charge in [0, 0.05) is 19.2 Å². The highest BCUT2D eigenvalue weighted by atomic mass is 16.2. The van der Waals surface area contributed by atoms with Gasteiger partial charge in [0.25, 0.3) is 5.56 Å². The van der Waals surface area contributed by atoms with E-state index in [0.717, 1.165) is 4.68 Å². The van der Waals surface area contributed by atoms with Crippen LogP contribution in [0, 0.1) is 0 Å². The van der Waals surface area contributed by atoms with Crippen molar-refractivity contribution in [1.29, 1.82) is 0 Å². The van der Waals surface area contributed by atoms with Gasteiger partial charge in [-0.15, -0.1) is 0 Å². The lowest BCUT2D eigenvalue weighted by atomic mass is 10.7. The van der Waals surface area contributed by atoms with Crippen LogP contribution in [0.15, 0.2) is 17.1 Å². The summed E-state index contributed by atoms with van der Waals surface area (Å²) in [6, 6.07) is 1.29. The molecular formula is C5H6N2O2. The zero-order valence-corrected chi connectivity index (χ0v) is 4.92. The molecule has 0 atom stereocenters. The minimum Gasteiger partial charge on any atom is -0.296 e. The average Bonchev–Trinajstić information content (AvgIpc) is 2.13. The number of hydrogen-bond donors (Lipinski definition) is 1. The number of nitrogens with zero attached hydrogens (tertiary/aromatic N) is 1. The van der Waals surface area contributed by atoms with Gasteiger partial charge in [0.15, 0.2) is 0 Å². The third-order valence-electron chi connectivity index (χ3n) is 0.965. The molecule has 0 amide bonds. The van der Waals surface area contributed by atoms with Crippen LogP contribution in [-0.2, 0) is 0 Å². The third-order valence-corrected chi connectivity index (χ3v) is 0.965. The first kappa shape index (κ1) is 5.81. The predicted octanol–water partition coefficient (Wildman–Crippen LogP) is -0.164. The Balaban J connectivity index is 3.24. The van der Waals surface area contributed by atoms with Crippen LogP contribution in [0.3, 0.4) is 0 Å². The van der Waals surface area contributed by atoms with E-state index in [4.69, 9.17) is 0 Å². The Hall–Kier alpha value is -1.32. The first-order chi connectivity index (χ1) is 4.22. The quantitative estimate of drug-likeness (QED) is 0.525. The van der Waals surface area contributed by atoms with Crippen LogP contribution in [0.25, 0.3) is 0 Å². The average molecular weight is 126 g/mol. The molecule has 4 heteroatoms. The molecule has 1 aromatic rings. The molecule has 1 aromatic heterocycles. The molecule has 0 aliphatic rings. The number of nitrogens with one attached hydrogen (secondary N) is 1. The van der Waals surface area contributed by atoms with Crippen molar-refractivity contribution in [2.75, 3.05) is 0 Å². The highest BCUT2D eigenvalue weighted by Crippen LogP contribution is 1.72. The van der Waals surface area contributed by atoms with Gasteiger partial charge in [-0.25, -0.2) is 0 Å². The molecule has 0 aliphatic heterocycles. The van der Waals surface area contributed by atoms with Crippen LogP contribution in [0.5, 0.6) is 0 Å². The predicted molar refractivity (Wildman–Crippen MR) is 31.4 cm³/mol. The summed E-state index contributed by atoms with van der Waals surface area (Å²) in [6.45, 7) is 1.32. The summed E-state index contributed by atoms with van der Waals surface area (Å²) in [5, 5.41) is 2.46. The Morgan fingerprint density at radius 3 is 2.67 bits per heavy atom. The number of hydrogen-bond acceptors (Lipinski definition) is 2. The van der Waals surface area contributed by atoms with Crippen molar-refractivity contribution in [3.05, 3.63) is 22.6 Å². The smallest absolute Gasteiger partial charge is 0.273 e. The van der Waals surface area contributed by atoms with E-state index < -0.39 is 0 Å². The normalized spacial score (nSPS) is 9.44. The van der Waals surface area contributed by atoms with E-state index in [1.807, 2.05) is 0 Å². The van der Waals surface area contributed by atoms with Gasteiger partial charge in [-0.1, -0.05) is 0 Å². The zero-order valence-electron chi connectivity index (χ0n) is 4.92. The van der Waals surface area contributed by atoms with Gasteiger partial charge < -0.3 is 0 Å². The van der Waals surface area contributed by atoms with E-state index in [1.54, 1.807) is 0 Å². The molecule has 0 saturated heterocycles. The first-order valence-electron chi connectivity index (χ1n) is 2.49. The molecule has 1 rings (SSSR count). The van der Waals surface area contributed by atoms with Crippen molar-refractivity contribution in [3.8, 4) is 0 Å². The first-order valence-corrected chi connectivity index (χ1v) is 2.49. The molecule has 0 bridgehead atoms. The van der Waals surface area contributed by atoms with Crippen molar-refractivity contribution in [1.82, 2.24) is 9.78 Å². The molecule has 1 N–H and O–H groups in total. The van der Waals surface area contributed by atoms with Gasteiger partial charge in [0.1, 0.15) is 0 Å². The molecule has 9 heavy (non-hydrogen) atoms. The molecule has 4 nitrogen and oxygen atoms in total. The molecule has 48 valence electrons. The molecular weight excluding hydrogens is 120 g/mol. The summed E-state index contributed by atoms with van der Waals surface area (Å²) in [7, 11) is 0. The fourth-order valence-electron chi connectivity index (χ4n) is 0.567. The Bertz CT molecular complexity index is 270. The second kappa shape index (κ2) is 1.89. The SMILES string of the molecule is CC(=O)n1[nH]ccc1=O. The van der Waals surface area contributed by atoms with E-state index in [0.29, 0.717) is 0 Å². The molecule has 0 aromatic carbocycles. The maximum atomic E-state index is 10.6. The molecule has 0 aliphatic carbocycles. The molecule has 0 radical (unpaired) electrons. The van der Waals surface area contributed by atoms with E-state index in [1.165, 1.54) is 19.2 Å². The number of H-pyrrole nitrogens is 1. The Kier molecular flexibility index (Phi) is 1.22. The van der Waals surface area contributed by atoms with Crippen molar-refractivity contribution in [3.63, 3.8) is 0 Å². The van der Waals surface area contributed by atoms with Crippen LogP contribution < -0.4 is 5.56 Å². The van der Waals surface area contributed by atoms with Crippen molar-refractivity contribution in [2.24, 2.45) is 0 Å². The standard InChI is InChI=1S/C5H6N2O2/c1-4(8)7-5(9)2-3-6-7/h2-3,6H,1H3. The van der Waals surface area contributed by atoms with E-state index in [2.05, 4.69) is 5.10 Å². The van der Waals surface area contributed by atoms with Gasteiger partial charge in [0.2, 0.25) is 5.91 Å². The fourth-order valence-corrected chi connectivity index (χ4v) is 0.567. The largest absolute Gasteiger partial charge is 0.296 e. The lowest BCUT2D eigenvalue weighted by Gasteiger charge is -1.88. The van der Waals surface area contributed by atoms with Gasteiger partial charge in [-0.3, -0.25) is 14.7 Å². The van der Waals surface area contributed by atoms with E-state index >= 15 is 0 Å². The zero-order chi connectivity index (χ0) is 6.85. The van der Waals surface area contributed by atoms with Crippen LogP contribution in [0.4, 0.5) is 0 Å².